The number of hydrogen-bond acceptors (Lipinski definition) is 6. The second kappa shape index (κ2) is 13.9. The second-order valence-corrected chi connectivity index (χ2v) is 13.6. The number of esters is 1. The summed E-state index contributed by atoms with van der Waals surface area (Å²) in [6.07, 6.45) is -1.15. The first kappa shape index (κ1) is 33.6. The smallest absolute Gasteiger partial charge is 0.405 e. The average Bonchev–Trinajstić information content (AvgIpc) is 3.35. The Morgan fingerprint density at radius 3 is 2.24 bits per heavy atom. The highest BCUT2D eigenvalue weighted by Gasteiger charge is 2.49. The molecular formula is C34H38F3N3O5S. The summed E-state index contributed by atoms with van der Waals surface area (Å²) >= 11 is 0. The fourth-order valence-corrected chi connectivity index (χ4v) is 8.12. The Hall–Kier alpha value is -3.74. The number of rotatable bonds is 12. The SMILES string of the molecule is COC(=O)c1ccccc1S(=O)(=O)NCC1CCCN(CCCCC2(C(=O)NCC(F)(F)F)c3ccccc3-c3ccccc32)C1. The second-order valence-electron chi connectivity index (χ2n) is 11.9. The number of nitrogens with one attached hydrogen (secondary N) is 2. The van der Waals surface area contributed by atoms with Gasteiger partial charge in [0, 0.05) is 13.1 Å². The van der Waals surface area contributed by atoms with Crippen molar-refractivity contribution in [2.24, 2.45) is 5.92 Å². The highest BCUT2D eigenvalue weighted by molar-refractivity contribution is 7.89. The third-order valence-corrected chi connectivity index (χ3v) is 10.4. The van der Waals surface area contributed by atoms with E-state index in [1.54, 1.807) is 12.1 Å². The molecule has 1 aliphatic heterocycles. The van der Waals surface area contributed by atoms with E-state index in [4.69, 9.17) is 4.74 Å². The van der Waals surface area contributed by atoms with Crippen LogP contribution in [0.25, 0.3) is 11.1 Å². The first-order valence-corrected chi connectivity index (χ1v) is 16.9. The van der Waals surface area contributed by atoms with Gasteiger partial charge in [-0.2, -0.15) is 13.2 Å². The van der Waals surface area contributed by atoms with Crippen LogP contribution >= 0.6 is 0 Å². The first-order valence-electron chi connectivity index (χ1n) is 15.4. The minimum Gasteiger partial charge on any atom is -0.465 e. The van der Waals surface area contributed by atoms with Gasteiger partial charge in [-0.1, -0.05) is 67.1 Å². The number of nitrogens with zero attached hydrogens (tertiary/aromatic N) is 1. The van der Waals surface area contributed by atoms with Crippen molar-refractivity contribution in [1.82, 2.24) is 14.9 Å². The topological polar surface area (TPSA) is 105 Å². The fourth-order valence-electron chi connectivity index (χ4n) is 6.82. The summed E-state index contributed by atoms with van der Waals surface area (Å²) in [7, 11) is -2.75. The van der Waals surface area contributed by atoms with Crippen molar-refractivity contribution < 1.29 is 35.9 Å². The van der Waals surface area contributed by atoms with E-state index in [0.717, 1.165) is 41.6 Å². The molecule has 1 heterocycles. The number of benzene rings is 3. The van der Waals surface area contributed by atoms with Crippen molar-refractivity contribution in [3.05, 3.63) is 89.5 Å². The van der Waals surface area contributed by atoms with Crippen LogP contribution in [-0.4, -0.2) is 71.2 Å². The summed E-state index contributed by atoms with van der Waals surface area (Å²) in [5.74, 6) is -1.32. The molecule has 0 aromatic heterocycles. The average molecular weight is 658 g/mol. The number of ether oxygens (including phenoxy) is 1. The Morgan fingerprint density at radius 1 is 0.957 bits per heavy atom. The van der Waals surface area contributed by atoms with Crippen LogP contribution in [0.5, 0.6) is 0 Å². The van der Waals surface area contributed by atoms with Crippen molar-refractivity contribution in [2.75, 3.05) is 39.8 Å². The van der Waals surface area contributed by atoms with Gasteiger partial charge in [0.05, 0.1) is 17.6 Å². The van der Waals surface area contributed by atoms with E-state index >= 15 is 0 Å². The van der Waals surface area contributed by atoms with E-state index < -0.39 is 40.0 Å². The van der Waals surface area contributed by atoms with Gasteiger partial charge >= 0.3 is 12.1 Å². The molecule has 0 bridgehead atoms. The zero-order valence-corrected chi connectivity index (χ0v) is 26.4. The molecule has 0 spiro atoms. The molecule has 1 fully saturated rings. The first-order chi connectivity index (χ1) is 22.0. The molecule has 1 unspecified atom stereocenters. The number of sulfonamides is 1. The quantitative estimate of drug-likeness (QED) is 0.203. The van der Waals surface area contributed by atoms with Gasteiger partial charge in [0.15, 0.2) is 0 Å². The number of halogens is 3. The van der Waals surface area contributed by atoms with E-state index in [9.17, 15) is 31.2 Å². The molecule has 1 atom stereocenters. The third kappa shape index (κ3) is 7.13. The molecule has 0 radical (unpaired) electrons. The summed E-state index contributed by atoms with van der Waals surface area (Å²) in [5, 5.41) is 2.18. The molecule has 12 heteroatoms. The van der Waals surface area contributed by atoms with Crippen molar-refractivity contribution in [3.63, 3.8) is 0 Å². The van der Waals surface area contributed by atoms with Crippen LogP contribution in [0.2, 0.25) is 0 Å². The van der Waals surface area contributed by atoms with Gasteiger partial charge in [0.2, 0.25) is 15.9 Å². The molecule has 8 nitrogen and oxygen atoms in total. The van der Waals surface area contributed by atoms with E-state index in [2.05, 4.69) is 14.9 Å². The Kier molecular flexibility index (Phi) is 10.2. The van der Waals surface area contributed by atoms with Gasteiger partial charge in [-0.15, -0.1) is 0 Å². The van der Waals surface area contributed by atoms with Crippen molar-refractivity contribution >= 4 is 21.9 Å². The van der Waals surface area contributed by atoms with Crippen LogP contribution in [0, 0.1) is 5.92 Å². The Labute approximate surface area is 267 Å². The number of fused-ring (bicyclic) bond motifs is 3. The Balaban J connectivity index is 1.23. The molecule has 1 aliphatic carbocycles. The van der Waals surface area contributed by atoms with E-state index in [1.807, 2.05) is 48.5 Å². The van der Waals surface area contributed by atoms with Crippen LogP contribution in [0.3, 0.4) is 0 Å². The zero-order chi connectivity index (χ0) is 33.0. The zero-order valence-electron chi connectivity index (χ0n) is 25.6. The Morgan fingerprint density at radius 2 is 1.59 bits per heavy atom. The van der Waals surface area contributed by atoms with Gasteiger partial charge in [-0.05, 0) is 79.1 Å². The molecular weight excluding hydrogens is 619 g/mol. The number of alkyl halides is 3. The Bertz CT molecular complexity index is 1630. The summed E-state index contributed by atoms with van der Waals surface area (Å²) in [6.45, 7) is 1.04. The van der Waals surface area contributed by atoms with Crippen LogP contribution < -0.4 is 10.0 Å². The van der Waals surface area contributed by atoms with Crippen LogP contribution in [0.4, 0.5) is 13.2 Å². The molecule has 246 valence electrons. The van der Waals surface area contributed by atoms with E-state index in [-0.39, 0.29) is 22.9 Å². The molecule has 1 amide bonds. The lowest BCUT2D eigenvalue weighted by Crippen LogP contribution is -2.47. The van der Waals surface area contributed by atoms with Crippen molar-refractivity contribution in [2.45, 2.75) is 48.6 Å². The predicted molar refractivity (Wildman–Crippen MR) is 168 cm³/mol. The summed E-state index contributed by atoms with van der Waals surface area (Å²) in [6, 6.07) is 20.8. The van der Waals surface area contributed by atoms with Crippen LogP contribution in [-0.2, 0) is 25.0 Å². The number of likely N-dealkylation sites (tertiary alicyclic amines) is 1. The predicted octanol–water partition coefficient (Wildman–Crippen LogP) is 5.28. The molecule has 3 aromatic rings. The van der Waals surface area contributed by atoms with Gasteiger partial charge in [-0.3, -0.25) is 4.79 Å². The van der Waals surface area contributed by atoms with Gasteiger partial charge in [-0.25, -0.2) is 17.9 Å². The number of carbonyl (C=O) groups is 2. The normalized spacial score (nSPS) is 17.6. The monoisotopic (exact) mass is 657 g/mol. The molecule has 5 rings (SSSR count). The highest BCUT2D eigenvalue weighted by atomic mass is 32.2. The van der Waals surface area contributed by atoms with Crippen molar-refractivity contribution in [3.8, 4) is 11.1 Å². The number of methoxy groups -OCH3 is 1. The number of carbonyl (C=O) groups excluding carboxylic acids is 2. The fraction of sp³-hybridized carbons (Fsp3) is 0.412. The standard InChI is InChI=1S/C34H38F3N3O5S/c1-45-31(41)27-14-4-7-17-30(27)46(43,44)39-21-24-11-10-20-40(22-24)19-9-8-18-33(32(42)38-23-34(35,36)37)28-15-5-2-12-25(28)26-13-3-6-16-29(26)33/h2-7,12-17,24,39H,8-11,18-23H2,1H3,(H,38,42). The lowest BCUT2D eigenvalue weighted by Gasteiger charge is -2.34. The van der Waals surface area contributed by atoms with Crippen LogP contribution in [0.15, 0.2) is 77.7 Å². The molecule has 2 aliphatic rings. The largest absolute Gasteiger partial charge is 0.465 e. The lowest BCUT2D eigenvalue weighted by molar-refractivity contribution is -0.141. The highest BCUT2D eigenvalue weighted by Crippen LogP contribution is 2.51. The number of amides is 1. The number of piperidine rings is 1. The maximum Gasteiger partial charge on any atom is 0.405 e. The molecule has 3 aromatic carbocycles. The minimum absolute atomic E-state index is 0.0276. The van der Waals surface area contributed by atoms with Gasteiger partial charge in [0.1, 0.15) is 12.0 Å². The lowest BCUT2D eigenvalue weighted by atomic mass is 9.73. The van der Waals surface area contributed by atoms with E-state index in [0.29, 0.717) is 32.4 Å². The van der Waals surface area contributed by atoms with Gasteiger partial charge < -0.3 is 15.0 Å². The van der Waals surface area contributed by atoms with Crippen LogP contribution in [0.1, 0.15) is 53.6 Å². The third-order valence-electron chi connectivity index (χ3n) is 8.92. The summed E-state index contributed by atoms with van der Waals surface area (Å²) in [4.78, 5) is 27.9. The summed E-state index contributed by atoms with van der Waals surface area (Å²) in [5.41, 5.74) is 1.89. The minimum atomic E-state index is -4.53. The van der Waals surface area contributed by atoms with Crippen molar-refractivity contribution in [1.29, 1.82) is 0 Å². The maximum atomic E-state index is 13.7. The molecule has 0 saturated carbocycles. The number of unbranched alkanes of at least 4 members (excludes halogenated alkanes) is 1. The molecule has 46 heavy (non-hydrogen) atoms. The van der Waals surface area contributed by atoms with E-state index in [1.165, 1.54) is 19.2 Å². The molecule has 1 saturated heterocycles. The maximum absolute atomic E-state index is 13.7. The molecule has 2 N–H and O–H groups in total. The summed E-state index contributed by atoms with van der Waals surface area (Å²) < 4.78 is 73.0. The van der Waals surface area contributed by atoms with Gasteiger partial charge in [0.25, 0.3) is 0 Å². The number of hydrogen-bond donors (Lipinski definition) is 2.